The van der Waals surface area contributed by atoms with Gasteiger partial charge < -0.3 is 9.84 Å². The lowest BCUT2D eigenvalue weighted by Crippen LogP contribution is -2.27. The van der Waals surface area contributed by atoms with Gasteiger partial charge in [0.25, 0.3) is 0 Å². The molecule has 0 saturated carbocycles. The van der Waals surface area contributed by atoms with Crippen molar-refractivity contribution in [3.05, 3.63) is 12.3 Å². The molecule has 0 amide bonds. The fourth-order valence-corrected chi connectivity index (χ4v) is 0.596. The lowest BCUT2D eigenvalue weighted by atomic mass is 9.92. The standard InChI is InChI=1S/C10H20O2/c1-8(10(5,6)7-11)12-9(2,3)4/h11H,1,7H2,2-6H3. The smallest absolute Gasteiger partial charge is 0.100 e. The lowest BCUT2D eigenvalue weighted by molar-refractivity contribution is 0.00473. The monoisotopic (exact) mass is 172 g/mol. The van der Waals surface area contributed by atoms with Gasteiger partial charge in [0.05, 0.1) is 12.4 Å². The molecule has 0 aromatic heterocycles. The molecule has 12 heavy (non-hydrogen) atoms. The molecule has 0 aliphatic rings. The third kappa shape index (κ3) is 3.77. The Labute approximate surface area is 75.2 Å². The normalized spacial score (nSPS) is 12.8. The van der Waals surface area contributed by atoms with Gasteiger partial charge >= 0.3 is 0 Å². The van der Waals surface area contributed by atoms with E-state index >= 15 is 0 Å². The van der Waals surface area contributed by atoms with E-state index in [-0.39, 0.29) is 17.6 Å². The van der Waals surface area contributed by atoms with Crippen molar-refractivity contribution in [3.63, 3.8) is 0 Å². The molecule has 0 atom stereocenters. The van der Waals surface area contributed by atoms with E-state index in [9.17, 15) is 0 Å². The zero-order chi connectivity index (χ0) is 9.99. The molecule has 2 nitrogen and oxygen atoms in total. The van der Waals surface area contributed by atoms with Crippen molar-refractivity contribution in [1.82, 2.24) is 0 Å². The lowest BCUT2D eigenvalue weighted by Gasteiger charge is -2.31. The Kier molecular flexibility index (Phi) is 3.34. The van der Waals surface area contributed by atoms with Crippen LogP contribution in [0.3, 0.4) is 0 Å². The van der Waals surface area contributed by atoms with Crippen LogP contribution in [0.25, 0.3) is 0 Å². The van der Waals surface area contributed by atoms with Crippen molar-refractivity contribution in [2.75, 3.05) is 6.61 Å². The molecule has 0 aromatic carbocycles. The number of hydrogen-bond acceptors (Lipinski definition) is 2. The quantitative estimate of drug-likeness (QED) is 0.662. The van der Waals surface area contributed by atoms with Gasteiger partial charge in [-0.2, -0.15) is 0 Å². The van der Waals surface area contributed by atoms with Crippen LogP contribution < -0.4 is 0 Å². The maximum absolute atomic E-state index is 9.02. The summed E-state index contributed by atoms with van der Waals surface area (Å²) in [6.45, 7) is 13.6. The van der Waals surface area contributed by atoms with E-state index < -0.39 is 0 Å². The Morgan fingerprint density at radius 1 is 1.25 bits per heavy atom. The summed E-state index contributed by atoms with van der Waals surface area (Å²) in [7, 11) is 0. The molecule has 72 valence electrons. The second kappa shape index (κ2) is 3.48. The van der Waals surface area contributed by atoms with Crippen molar-refractivity contribution in [1.29, 1.82) is 0 Å². The van der Waals surface area contributed by atoms with Crippen LogP contribution in [0.4, 0.5) is 0 Å². The predicted molar refractivity (Wildman–Crippen MR) is 50.8 cm³/mol. The molecule has 0 unspecified atom stereocenters. The van der Waals surface area contributed by atoms with Gasteiger partial charge in [-0.1, -0.05) is 20.4 Å². The van der Waals surface area contributed by atoms with Crippen molar-refractivity contribution in [3.8, 4) is 0 Å². The maximum atomic E-state index is 9.02. The van der Waals surface area contributed by atoms with E-state index in [2.05, 4.69) is 6.58 Å². The minimum absolute atomic E-state index is 0.0575. The second-order valence-corrected chi connectivity index (χ2v) is 4.68. The highest BCUT2D eigenvalue weighted by atomic mass is 16.5. The Balaban J connectivity index is 4.23. The zero-order valence-corrected chi connectivity index (χ0v) is 8.77. The molecule has 0 rings (SSSR count). The minimum atomic E-state index is -0.354. The fraction of sp³-hybridized carbons (Fsp3) is 0.800. The molecule has 0 radical (unpaired) electrons. The summed E-state index contributed by atoms with van der Waals surface area (Å²) >= 11 is 0. The highest BCUT2D eigenvalue weighted by molar-refractivity contribution is 4.99. The first kappa shape index (κ1) is 11.5. The molecule has 0 aliphatic heterocycles. The first-order valence-corrected chi connectivity index (χ1v) is 4.18. The van der Waals surface area contributed by atoms with E-state index in [4.69, 9.17) is 9.84 Å². The van der Waals surface area contributed by atoms with Gasteiger partial charge in [0.1, 0.15) is 5.60 Å². The Morgan fingerprint density at radius 2 is 1.67 bits per heavy atom. The summed E-state index contributed by atoms with van der Waals surface area (Å²) in [5, 5.41) is 9.02. The van der Waals surface area contributed by atoms with Crippen LogP contribution in [0, 0.1) is 5.41 Å². The molecule has 0 bridgehead atoms. The van der Waals surface area contributed by atoms with Gasteiger partial charge in [0.2, 0.25) is 0 Å². The van der Waals surface area contributed by atoms with Gasteiger partial charge in [-0.15, -0.1) is 0 Å². The molecular formula is C10H20O2. The number of hydrogen-bond donors (Lipinski definition) is 1. The van der Waals surface area contributed by atoms with Crippen molar-refractivity contribution in [2.45, 2.75) is 40.2 Å². The predicted octanol–water partition coefficient (Wildman–Crippen LogP) is 2.33. The van der Waals surface area contributed by atoms with Crippen molar-refractivity contribution < 1.29 is 9.84 Å². The Hall–Kier alpha value is -0.500. The Bertz CT molecular complexity index is 163. The van der Waals surface area contributed by atoms with Crippen LogP contribution in [-0.4, -0.2) is 17.3 Å². The highest BCUT2D eigenvalue weighted by Gasteiger charge is 2.25. The van der Waals surface area contributed by atoms with E-state index in [1.165, 1.54) is 0 Å². The molecule has 0 heterocycles. The summed E-state index contributed by atoms with van der Waals surface area (Å²) in [5.41, 5.74) is -0.587. The molecular weight excluding hydrogens is 152 g/mol. The van der Waals surface area contributed by atoms with E-state index in [1.807, 2.05) is 34.6 Å². The fourth-order valence-electron chi connectivity index (χ4n) is 0.596. The highest BCUT2D eigenvalue weighted by Crippen LogP contribution is 2.28. The van der Waals surface area contributed by atoms with Gasteiger partial charge in [0, 0.05) is 5.41 Å². The first-order chi connectivity index (χ1) is 5.19. The summed E-state index contributed by atoms with van der Waals surface area (Å²) in [4.78, 5) is 0. The molecule has 2 heteroatoms. The number of aliphatic hydroxyl groups excluding tert-OH is 1. The molecule has 0 fully saturated rings. The number of ether oxygens (including phenoxy) is 1. The minimum Gasteiger partial charge on any atom is -0.492 e. The van der Waals surface area contributed by atoms with Crippen LogP contribution in [-0.2, 0) is 4.74 Å². The summed E-state index contributed by atoms with van der Waals surface area (Å²) < 4.78 is 5.54. The van der Waals surface area contributed by atoms with Crippen molar-refractivity contribution >= 4 is 0 Å². The molecule has 0 saturated heterocycles. The van der Waals surface area contributed by atoms with Crippen LogP contribution in [0.1, 0.15) is 34.6 Å². The van der Waals surface area contributed by atoms with Gasteiger partial charge in [-0.25, -0.2) is 0 Å². The third-order valence-corrected chi connectivity index (χ3v) is 1.58. The van der Waals surface area contributed by atoms with Crippen molar-refractivity contribution in [2.24, 2.45) is 5.41 Å². The number of aliphatic hydroxyl groups is 1. The molecule has 0 aliphatic carbocycles. The second-order valence-electron chi connectivity index (χ2n) is 4.68. The van der Waals surface area contributed by atoms with Crippen LogP contribution >= 0.6 is 0 Å². The van der Waals surface area contributed by atoms with E-state index in [0.717, 1.165) is 0 Å². The van der Waals surface area contributed by atoms with Crippen LogP contribution in [0.2, 0.25) is 0 Å². The third-order valence-electron chi connectivity index (χ3n) is 1.58. The molecule has 1 N–H and O–H groups in total. The topological polar surface area (TPSA) is 29.5 Å². The average Bonchev–Trinajstić information content (AvgIpc) is 1.84. The zero-order valence-electron chi connectivity index (χ0n) is 8.77. The Morgan fingerprint density at radius 3 is 1.92 bits per heavy atom. The molecule has 0 aromatic rings. The van der Waals surface area contributed by atoms with E-state index in [1.54, 1.807) is 0 Å². The number of rotatable bonds is 3. The summed E-state index contributed by atoms with van der Waals surface area (Å²) in [6.07, 6.45) is 0. The SMILES string of the molecule is C=C(OC(C)(C)C)C(C)(C)CO. The van der Waals surface area contributed by atoms with Gasteiger partial charge in [-0.05, 0) is 20.8 Å². The summed E-state index contributed by atoms with van der Waals surface area (Å²) in [5.74, 6) is 0.637. The molecule has 0 spiro atoms. The van der Waals surface area contributed by atoms with Crippen LogP contribution in [0.5, 0.6) is 0 Å². The first-order valence-electron chi connectivity index (χ1n) is 4.18. The van der Waals surface area contributed by atoms with E-state index in [0.29, 0.717) is 5.76 Å². The summed E-state index contributed by atoms with van der Waals surface area (Å²) in [6, 6.07) is 0. The maximum Gasteiger partial charge on any atom is 0.100 e. The van der Waals surface area contributed by atoms with Gasteiger partial charge in [-0.3, -0.25) is 0 Å². The average molecular weight is 172 g/mol. The van der Waals surface area contributed by atoms with Gasteiger partial charge in [0.15, 0.2) is 0 Å². The van der Waals surface area contributed by atoms with Crippen LogP contribution in [0.15, 0.2) is 12.3 Å². The largest absolute Gasteiger partial charge is 0.492 e.